The number of nitrogens with one attached hydrogen (secondary N) is 2. The number of hydrogen-bond acceptors (Lipinski definition) is 4. The van der Waals surface area contributed by atoms with Crippen LogP contribution in [-0.2, 0) is 4.74 Å². The Labute approximate surface area is 132 Å². The van der Waals surface area contributed by atoms with E-state index in [1.807, 2.05) is 0 Å². The van der Waals surface area contributed by atoms with Crippen LogP contribution in [0.2, 0.25) is 0 Å². The summed E-state index contributed by atoms with van der Waals surface area (Å²) in [5.41, 5.74) is -1.40. The topological polar surface area (TPSA) is 71.2 Å². The number of benzene rings is 1. The van der Waals surface area contributed by atoms with Crippen LogP contribution in [0.3, 0.4) is 0 Å². The molecule has 0 radical (unpaired) electrons. The molecule has 0 aliphatic heterocycles. The maximum absolute atomic E-state index is 13.9. The molecule has 1 aromatic carbocycles. The molecule has 0 aliphatic carbocycles. The Bertz CT molecular complexity index is 805. The zero-order valence-corrected chi connectivity index (χ0v) is 13.2. The van der Waals surface area contributed by atoms with Gasteiger partial charge in [-0.05, 0) is 25.1 Å². The fraction of sp³-hybridized carbons (Fsp3) is 0.143. The van der Waals surface area contributed by atoms with Gasteiger partial charge in [-0.1, -0.05) is 15.9 Å². The minimum absolute atomic E-state index is 0.00927. The Hall–Kier alpha value is -2.22. The number of H-pyrrole nitrogens is 1. The van der Waals surface area contributed by atoms with Gasteiger partial charge in [0.2, 0.25) is 0 Å². The van der Waals surface area contributed by atoms with Gasteiger partial charge in [-0.15, -0.1) is 0 Å². The van der Waals surface area contributed by atoms with Crippen LogP contribution in [0, 0.1) is 18.6 Å². The number of rotatable bonds is 3. The molecule has 0 bridgehead atoms. The first-order valence-corrected chi connectivity index (χ1v) is 6.87. The summed E-state index contributed by atoms with van der Waals surface area (Å²) >= 11 is 3.11. The molecule has 0 spiro atoms. The number of esters is 1. The summed E-state index contributed by atoms with van der Waals surface area (Å²) in [5.74, 6) is -2.71. The lowest BCUT2D eigenvalue weighted by Crippen LogP contribution is -2.21. The van der Waals surface area contributed by atoms with Gasteiger partial charge < -0.3 is 15.0 Å². The number of aromatic amines is 1. The largest absolute Gasteiger partial charge is 0.465 e. The summed E-state index contributed by atoms with van der Waals surface area (Å²) in [4.78, 5) is 25.5. The fourth-order valence-corrected chi connectivity index (χ4v) is 2.21. The second-order valence-corrected chi connectivity index (χ2v) is 5.30. The van der Waals surface area contributed by atoms with E-state index in [4.69, 9.17) is 0 Å². The smallest absolute Gasteiger partial charge is 0.341 e. The third-order valence-electron chi connectivity index (χ3n) is 2.97. The average Bonchev–Trinajstić information content (AvgIpc) is 2.47. The Morgan fingerprint density at radius 1 is 1.36 bits per heavy atom. The van der Waals surface area contributed by atoms with Gasteiger partial charge in [0.1, 0.15) is 17.2 Å². The second-order valence-electron chi connectivity index (χ2n) is 4.38. The van der Waals surface area contributed by atoms with Gasteiger partial charge in [0.25, 0.3) is 5.56 Å². The molecule has 1 aromatic heterocycles. The van der Waals surface area contributed by atoms with E-state index in [1.165, 1.54) is 19.1 Å². The Balaban J connectivity index is 2.59. The first-order chi connectivity index (χ1) is 10.3. The molecule has 0 amide bonds. The molecule has 8 heteroatoms. The zero-order chi connectivity index (χ0) is 16.4. The Morgan fingerprint density at radius 2 is 2.05 bits per heavy atom. The highest BCUT2D eigenvalue weighted by molar-refractivity contribution is 9.10. The second kappa shape index (κ2) is 6.27. The average molecular weight is 373 g/mol. The Morgan fingerprint density at radius 3 is 2.64 bits per heavy atom. The van der Waals surface area contributed by atoms with E-state index in [0.29, 0.717) is 4.47 Å². The lowest BCUT2D eigenvalue weighted by molar-refractivity contribution is 0.0600. The van der Waals surface area contributed by atoms with E-state index in [0.717, 1.165) is 7.11 Å². The van der Waals surface area contributed by atoms with Gasteiger partial charge in [-0.2, -0.15) is 0 Å². The van der Waals surface area contributed by atoms with E-state index >= 15 is 0 Å². The van der Waals surface area contributed by atoms with E-state index in [2.05, 4.69) is 31.0 Å². The highest BCUT2D eigenvalue weighted by Gasteiger charge is 2.22. The SMILES string of the molecule is COC(=O)c1c(Nc2ccc(Br)cc2F)[nH]c(=O)c(F)c1C. The Kier molecular flexibility index (Phi) is 4.60. The van der Waals surface area contributed by atoms with Crippen molar-refractivity contribution in [3.63, 3.8) is 0 Å². The molecule has 116 valence electrons. The van der Waals surface area contributed by atoms with Crippen molar-refractivity contribution in [2.45, 2.75) is 6.92 Å². The number of hydrogen-bond donors (Lipinski definition) is 2. The van der Waals surface area contributed by atoms with Crippen molar-refractivity contribution in [2.75, 3.05) is 12.4 Å². The molecule has 0 atom stereocenters. The van der Waals surface area contributed by atoms with Gasteiger partial charge in [-0.25, -0.2) is 13.6 Å². The minimum atomic E-state index is -1.10. The number of anilines is 2. The van der Waals surface area contributed by atoms with Crippen molar-refractivity contribution in [3.05, 3.63) is 55.8 Å². The minimum Gasteiger partial charge on any atom is -0.465 e. The predicted molar refractivity (Wildman–Crippen MR) is 80.5 cm³/mol. The monoisotopic (exact) mass is 372 g/mol. The maximum Gasteiger partial charge on any atom is 0.341 e. The van der Waals surface area contributed by atoms with Gasteiger partial charge in [0.15, 0.2) is 5.82 Å². The lowest BCUT2D eigenvalue weighted by atomic mass is 10.1. The molecule has 5 nitrogen and oxygen atoms in total. The molecule has 0 fully saturated rings. The summed E-state index contributed by atoms with van der Waals surface area (Å²) in [7, 11) is 1.12. The van der Waals surface area contributed by atoms with E-state index in [-0.39, 0.29) is 22.6 Å². The van der Waals surface area contributed by atoms with Crippen molar-refractivity contribution in [1.82, 2.24) is 4.98 Å². The molecule has 2 aromatic rings. The van der Waals surface area contributed by atoms with E-state index in [9.17, 15) is 18.4 Å². The molecule has 0 saturated carbocycles. The van der Waals surface area contributed by atoms with Crippen LogP contribution in [0.15, 0.2) is 27.5 Å². The highest BCUT2D eigenvalue weighted by atomic mass is 79.9. The first-order valence-electron chi connectivity index (χ1n) is 6.08. The zero-order valence-electron chi connectivity index (χ0n) is 11.6. The number of ether oxygens (including phenoxy) is 1. The quantitative estimate of drug-likeness (QED) is 0.811. The summed E-state index contributed by atoms with van der Waals surface area (Å²) in [6.07, 6.45) is 0. The third-order valence-corrected chi connectivity index (χ3v) is 3.47. The molecular weight excluding hydrogens is 362 g/mol. The van der Waals surface area contributed by atoms with Crippen LogP contribution in [0.4, 0.5) is 20.3 Å². The van der Waals surface area contributed by atoms with Crippen molar-refractivity contribution in [2.24, 2.45) is 0 Å². The molecule has 2 rings (SSSR count). The molecular formula is C14H11BrF2N2O3. The number of halogens is 3. The standard InChI is InChI=1S/C14H11BrF2N2O3/c1-6-10(14(21)22-2)12(19-13(20)11(6)17)18-9-4-3-7(15)5-8(9)16/h3-5H,1-2H3,(H2,18,19,20). The number of carbonyl (C=O) groups is 1. The summed E-state index contributed by atoms with van der Waals surface area (Å²) in [6, 6.07) is 4.17. The van der Waals surface area contributed by atoms with Gasteiger partial charge in [0, 0.05) is 10.0 Å². The molecule has 2 N–H and O–H groups in total. The molecule has 0 saturated heterocycles. The molecule has 0 unspecified atom stereocenters. The van der Waals surface area contributed by atoms with Crippen LogP contribution in [-0.4, -0.2) is 18.1 Å². The van der Waals surface area contributed by atoms with Crippen molar-refractivity contribution in [3.8, 4) is 0 Å². The van der Waals surface area contributed by atoms with Gasteiger partial charge in [-0.3, -0.25) is 4.79 Å². The van der Waals surface area contributed by atoms with Crippen LogP contribution in [0.1, 0.15) is 15.9 Å². The van der Waals surface area contributed by atoms with E-state index in [1.54, 1.807) is 6.07 Å². The van der Waals surface area contributed by atoms with Crippen molar-refractivity contribution < 1.29 is 18.3 Å². The summed E-state index contributed by atoms with van der Waals surface area (Å²) < 4.78 is 32.6. The highest BCUT2D eigenvalue weighted by Crippen LogP contribution is 2.25. The number of carbonyl (C=O) groups excluding carboxylic acids is 1. The summed E-state index contributed by atoms with van der Waals surface area (Å²) in [6.45, 7) is 1.26. The molecule has 0 aliphatic rings. The van der Waals surface area contributed by atoms with Crippen molar-refractivity contribution >= 4 is 33.4 Å². The maximum atomic E-state index is 13.9. The molecule has 22 heavy (non-hydrogen) atoms. The number of aromatic nitrogens is 1. The molecule has 1 heterocycles. The first kappa shape index (κ1) is 16.2. The summed E-state index contributed by atoms with van der Waals surface area (Å²) in [5, 5.41) is 2.57. The van der Waals surface area contributed by atoms with Crippen LogP contribution >= 0.6 is 15.9 Å². The van der Waals surface area contributed by atoms with Crippen LogP contribution in [0.25, 0.3) is 0 Å². The normalized spacial score (nSPS) is 10.4. The lowest BCUT2D eigenvalue weighted by Gasteiger charge is -2.13. The van der Waals surface area contributed by atoms with E-state index < -0.39 is 23.2 Å². The third kappa shape index (κ3) is 3.01. The van der Waals surface area contributed by atoms with Crippen LogP contribution in [0.5, 0.6) is 0 Å². The van der Waals surface area contributed by atoms with Crippen molar-refractivity contribution in [1.29, 1.82) is 0 Å². The predicted octanol–water partition coefficient (Wildman–Crippen LogP) is 3.25. The number of methoxy groups -OCH3 is 1. The van der Waals surface area contributed by atoms with Gasteiger partial charge in [0.05, 0.1) is 12.8 Å². The van der Waals surface area contributed by atoms with Gasteiger partial charge >= 0.3 is 5.97 Å². The number of pyridine rings is 1. The fourth-order valence-electron chi connectivity index (χ4n) is 1.87. The van der Waals surface area contributed by atoms with Crippen LogP contribution < -0.4 is 10.9 Å².